The first-order valence-corrected chi connectivity index (χ1v) is 10.8. The highest BCUT2D eigenvalue weighted by Gasteiger charge is 2.03. The van der Waals surface area contributed by atoms with Crippen molar-refractivity contribution in [3.63, 3.8) is 0 Å². The first kappa shape index (κ1) is 22.3. The standard InChI is InChI=1S/C24H32N6O/c1-4-25-24(27-12-8-14-30-20(3)15-19(2)29-30)28-17-22-11-13-26-23(16-22)31-18-21-9-6-5-7-10-21/h5-7,9-11,13,15-16H,4,8,12,14,17-18H2,1-3H3,(H2,25,27,28). The zero-order valence-electron chi connectivity index (χ0n) is 18.6. The highest BCUT2D eigenvalue weighted by Crippen LogP contribution is 2.12. The summed E-state index contributed by atoms with van der Waals surface area (Å²) in [4.78, 5) is 9.00. The Kier molecular flexibility index (Phi) is 8.46. The van der Waals surface area contributed by atoms with Gasteiger partial charge in [-0.2, -0.15) is 5.10 Å². The Balaban J connectivity index is 1.49. The molecule has 1 aromatic carbocycles. The molecule has 0 saturated heterocycles. The molecule has 164 valence electrons. The van der Waals surface area contributed by atoms with Crippen LogP contribution in [-0.4, -0.2) is 33.8 Å². The summed E-state index contributed by atoms with van der Waals surface area (Å²) in [6.07, 6.45) is 2.74. The highest BCUT2D eigenvalue weighted by molar-refractivity contribution is 5.79. The van der Waals surface area contributed by atoms with Gasteiger partial charge in [0, 0.05) is 37.6 Å². The molecule has 0 atom stereocenters. The molecule has 3 rings (SSSR count). The van der Waals surface area contributed by atoms with Crippen molar-refractivity contribution in [2.75, 3.05) is 13.1 Å². The van der Waals surface area contributed by atoms with Gasteiger partial charge in [-0.15, -0.1) is 0 Å². The molecule has 7 heteroatoms. The lowest BCUT2D eigenvalue weighted by molar-refractivity contribution is 0.293. The predicted octanol–water partition coefficient (Wildman–Crippen LogP) is 3.62. The van der Waals surface area contributed by atoms with E-state index in [9.17, 15) is 0 Å². The molecule has 0 fully saturated rings. The summed E-state index contributed by atoms with van der Waals surface area (Å²) < 4.78 is 7.87. The minimum absolute atomic E-state index is 0.500. The van der Waals surface area contributed by atoms with E-state index in [1.54, 1.807) is 6.20 Å². The van der Waals surface area contributed by atoms with Crippen LogP contribution in [0.2, 0.25) is 0 Å². The number of hydrogen-bond acceptors (Lipinski definition) is 4. The molecule has 0 aliphatic heterocycles. The molecule has 0 aliphatic carbocycles. The van der Waals surface area contributed by atoms with E-state index in [-0.39, 0.29) is 0 Å². The maximum atomic E-state index is 5.82. The van der Waals surface area contributed by atoms with Crippen LogP contribution in [0, 0.1) is 13.8 Å². The number of nitrogens with one attached hydrogen (secondary N) is 2. The van der Waals surface area contributed by atoms with Gasteiger partial charge in [0.05, 0.1) is 12.2 Å². The molecule has 0 aliphatic rings. The molecule has 0 bridgehead atoms. The largest absolute Gasteiger partial charge is 0.473 e. The van der Waals surface area contributed by atoms with Crippen molar-refractivity contribution in [3.05, 3.63) is 77.2 Å². The number of aromatic nitrogens is 3. The third-order valence-corrected chi connectivity index (χ3v) is 4.74. The summed E-state index contributed by atoms with van der Waals surface area (Å²) in [7, 11) is 0. The molecule has 0 spiro atoms. The molecule has 2 aromatic heterocycles. The normalized spacial score (nSPS) is 11.4. The van der Waals surface area contributed by atoms with Crippen molar-refractivity contribution in [3.8, 4) is 5.88 Å². The molecular weight excluding hydrogens is 388 g/mol. The maximum Gasteiger partial charge on any atom is 0.213 e. The number of rotatable bonds is 10. The van der Waals surface area contributed by atoms with Gasteiger partial charge >= 0.3 is 0 Å². The molecule has 7 nitrogen and oxygen atoms in total. The van der Waals surface area contributed by atoms with Gasteiger partial charge in [0.1, 0.15) is 6.61 Å². The number of hydrogen-bond donors (Lipinski definition) is 2. The van der Waals surface area contributed by atoms with Crippen LogP contribution in [-0.2, 0) is 19.7 Å². The number of aryl methyl sites for hydroxylation is 3. The smallest absolute Gasteiger partial charge is 0.213 e. The summed E-state index contributed by atoms with van der Waals surface area (Å²) in [5.41, 5.74) is 4.43. The van der Waals surface area contributed by atoms with Crippen molar-refractivity contribution >= 4 is 5.96 Å². The van der Waals surface area contributed by atoms with Crippen LogP contribution >= 0.6 is 0 Å². The average Bonchev–Trinajstić information content (AvgIpc) is 3.11. The van der Waals surface area contributed by atoms with Gasteiger partial charge in [0.15, 0.2) is 5.96 Å². The Bertz CT molecular complexity index is 967. The van der Waals surface area contributed by atoms with E-state index >= 15 is 0 Å². The van der Waals surface area contributed by atoms with Crippen molar-refractivity contribution in [1.29, 1.82) is 0 Å². The Morgan fingerprint density at radius 2 is 1.90 bits per heavy atom. The van der Waals surface area contributed by atoms with E-state index < -0.39 is 0 Å². The van der Waals surface area contributed by atoms with Crippen molar-refractivity contribution in [2.45, 2.75) is 46.9 Å². The minimum atomic E-state index is 0.500. The van der Waals surface area contributed by atoms with Crippen molar-refractivity contribution < 1.29 is 4.74 Å². The number of nitrogens with zero attached hydrogens (tertiary/aromatic N) is 4. The van der Waals surface area contributed by atoms with Gasteiger partial charge in [0.2, 0.25) is 5.88 Å². The van der Waals surface area contributed by atoms with Crippen LogP contribution in [0.5, 0.6) is 5.88 Å². The third kappa shape index (κ3) is 7.44. The van der Waals surface area contributed by atoms with E-state index in [0.29, 0.717) is 19.0 Å². The van der Waals surface area contributed by atoms with Crippen LogP contribution in [0.1, 0.15) is 35.9 Å². The second-order valence-electron chi connectivity index (χ2n) is 7.40. The summed E-state index contributed by atoms with van der Waals surface area (Å²) >= 11 is 0. The van der Waals surface area contributed by atoms with Crippen molar-refractivity contribution in [1.82, 2.24) is 25.4 Å². The first-order valence-electron chi connectivity index (χ1n) is 10.8. The number of benzene rings is 1. The SMILES string of the molecule is CCNC(=NCc1ccnc(OCc2ccccc2)c1)NCCCn1nc(C)cc1C. The molecule has 2 heterocycles. The van der Waals surface area contributed by atoms with Crippen LogP contribution in [0.4, 0.5) is 0 Å². The van der Waals surface area contributed by atoms with Crippen LogP contribution in [0.15, 0.2) is 59.7 Å². The lowest BCUT2D eigenvalue weighted by Crippen LogP contribution is -2.38. The van der Waals surface area contributed by atoms with Crippen LogP contribution < -0.4 is 15.4 Å². The predicted molar refractivity (Wildman–Crippen MR) is 124 cm³/mol. The molecule has 0 radical (unpaired) electrons. The molecule has 2 N–H and O–H groups in total. The lowest BCUT2D eigenvalue weighted by atomic mass is 10.2. The van der Waals surface area contributed by atoms with Gasteiger partial charge < -0.3 is 15.4 Å². The fraction of sp³-hybridized carbons (Fsp3) is 0.375. The molecule has 0 amide bonds. The molecule has 0 saturated carbocycles. The topological polar surface area (TPSA) is 76.4 Å². The van der Waals surface area contributed by atoms with Crippen LogP contribution in [0.3, 0.4) is 0 Å². The Morgan fingerprint density at radius 3 is 2.65 bits per heavy atom. The van der Waals surface area contributed by atoms with Gasteiger partial charge in [-0.1, -0.05) is 30.3 Å². The maximum absolute atomic E-state index is 5.82. The molecule has 0 unspecified atom stereocenters. The van der Waals surface area contributed by atoms with Crippen molar-refractivity contribution in [2.24, 2.45) is 4.99 Å². The monoisotopic (exact) mass is 420 g/mol. The van der Waals surface area contributed by atoms with Gasteiger partial charge in [-0.3, -0.25) is 4.68 Å². The van der Waals surface area contributed by atoms with E-state index in [1.165, 1.54) is 5.69 Å². The number of guanidine groups is 1. The van der Waals surface area contributed by atoms with E-state index in [2.05, 4.69) is 45.3 Å². The average molecular weight is 421 g/mol. The minimum Gasteiger partial charge on any atom is -0.473 e. The number of ether oxygens (including phenoxy) is 1. The fourth-order valence-corrected chi connectivity index (χ4v) is 3.21. The van der Waals surface area contributed by atoms with Gasteiger partial charge in [-0.05, 0) is 50.5 Å². The lowest BCUT2D eigenvalue weighted by Gasteiger charge is -2.12. The number of aliphatic imine (C=N–C) groups is 1. The van der Waals surface area contributed by atoms with E-state index in [0.717, 1.165) is 48.8 Å². The van der Waals surface area contributed by atoms with Crippen LogP contribution in [0.25, 0.3) is 0 Å². The fourth-order valence-electron chi connectivity index (χ4n) is 3.21. The van der Waals surface area contributed by atoms with E-state index in [1.807, 2.05) is 49.4 Å². The molecular formula is C24H32N6O. The van der Waals surface area contributed by atoms with Gasteiger partial charge in [0.25, 0.3) is 0 Å². The second kappa shape index (κ2) is 11.7. The Labute approximate surface area is 184 Å². The molecule has 3 aromatic rings. The van der Waals surface area contributed by atoms with E-state index in [4.69, 9.17) is 9.73 Å². The zero-order valence-corrected chi connectivity index (χ0v) is 18.6. The number of pyridine rings is 1. The zero-order chi connectivity index (χ0) is 21.9. The Hall–Kier alpha value is -3.35. The summed E-state index contributed by atoms with van der Waals surface area (Å²) in [5.74, 6) is 1.42. The summed E-state index contributed by atoms with van der Waals surface area (Å²) in [6.45, 7) is 9.75. The highest BCUT2D eigenvalue weighted by atomic mass is 16.5. The molecule has 31 heavy (non-hydrogen) atoms. The second-order valence-corrected chi connectivity index (χ2v) is 7.40. The first-order chi connectivity index (χ1) is 15.1. The summed E-state index contributed by atoms with van der Waals surface area (Å²) in [5, 5.41) is 11.2. The third-order valence-electron chi connectivity index (χ3n) is 4.74. The quantitative estimate of drug-likeness (QED) is 0.298. The summed E-state index contributed by atoms with van der Waals surface area (Å²) in [6, 6.07) is 16.1. The van der Waals surface area contributed by atoms with Gasteiger partial charge in [-0.25, -0.2) is 9.98 Å². The Morgan fingerprint density at radius 1 is 1.06 bits per heavy atom.